The second-order valence-electron chi connectivity index (χ2n) is 5.31. The van der Waals surface area contributed by atoms with Crippen LogP contribution in [0, 0.1) is 16.7 Å². The van der Waals surface area contributed by atoms with Crippen molar-refractivity contribution in [3.8, 4) is 6.07 Å². The molecule has 4 heteroatoms. The molecule has 0 unspecified atom stereocenters. The highest BCUT2D eigenvalue weighted by Crippen LogP contribution is 2.32. The molecule has 19 heavy (non-hydrogen) atoms. The van der Waals surface area contributed by atoms with E-state index in [-0.39, 0.29) is 5.91 Å². The summed E-state index contributed by atoms with van der Waals surface area (Å²) in [5, 5.41) is 9.46. The average Bonchev–Trinajstić information content (AvgIpc) is 2.47. The zero-order valence-electron chi connectivity index (χ0n) is 12.3. The Morgan fingerprint density at radius 2 is 1.74 bits per heavy atom. The fraction of sp³-hybridized carbons (Fsp3) is 0.867. The number of unbranched alkanes of at least 4 members (excludes halogenated alkanes) is 2. The molecule has 0 aromatic heterocycles. The van der Waals surface area contributed by atoms with Gasteiger partial charge in [0.25, 0.3) is 0 Å². The van der Waals surface area contributed by atoms with Crippen LogP contribution >= 0.6 is 0 Å². The molecule has 0 saturated carbocycles. The first-order valence-corrected chi connectivity index (χ1v) is 7.48. The summed E-state index contributed by atoms with van der Waals surface area (Å²) in [6, 6.07) is 2.28. The predicted molar refractivity (Wildman–Crippen MR) is 74.5 cm³/mol. The van der Waals surface area contributed by atoms with Crippen molar-refractivity contribution < 1.29 is 9.53 Å². The molecule has 1 aliphatic rings. The molecule has 1 heterocycles. The van der Waals surface area contributed by atoms with Gasteiger partial charge in [-0.2, -0.15) is 5.26 Å². The number of nitriles is 1. The van der Waals surface area contributed by atoms with Crippen LogP contribution in [-0.2, 0) is 9.53 Å². The van der Waals surface area contributed by atoms with Crippen LogP contribution in [0.25, 0.3) is 0 Å². The van der Waals surface area contributed by atoms with E-state index in [4.69, 9.17) is 4.74 Å². The molecule has 0 aliphatic carbocycles. The van der Waals surface area contributed by atoms with Crippen molar-refractivity contribution >= 4 is 5.91 Å². The Kier molecular flexibility index (Phi) is 6.86. The summed E-state index contributed by atoms with van der Waals surface area (Å²) in [6.07, 6.45) is 5.23. The van der Waals surface area contributed by atoms with Gasteiger partial charge in [-0.3, -0.25) is 4.79 Å². The molecule has 1 aliphatic heterocycles. The second kappa shape index (κ2) is 8.16. The van der Waals surface area contributed by atoms with E-state index >= 15 is 0 Å². The van der Waals surface area contributed by atoms with Crippen LogP contribution in [0.2, 0.25) is 0 Å². The highest BCUT2D eigenvalue weighted by molar-refractivity contribution is 5.85. The molecular weight excluding hydrogens is 240 g/mol. The molecule has 0 atom stereocenters. The predicted octanol–water partition coefficient (Wildman–Crippen LogP) is 2.74. The van der Waals surface area contributed by atoms with Crippen LogP contribution < -0.4 is 0 Å². The van der Waals surface area contributed by atoms with E-state index in [1.54, 1.807) is 0 Å². The van der Waals surface area contributed by atoms with E-state index in [0.29, 0.717) is 26.1 Å². The summed E-state index contributed by atoms with van der Waals surface area (Å²) in [5.41, 5.74) is -0.834. The van der Waals surface area contributed by atoms with E-state index < -0.39 is 5.41 Å². The topological polar surface area (TPSA) is 53.3 Å². The summed E-state index contributed by atoms with van der Waals surface area (Å²) in [5.74, 6) is 0.0280. The van der Waals surface area contributed by atoms with E-state index in [9.17, 15) is 10.1 Å². The molecule has 1 rings (SSSR count). The number of nitrogens with zero attached hydrogens (tertiary/aromatic N) is 2. The lowest BCUT2D eigenvalue weighted by Gasteiger charge is -2.35. The normalized spacial score (nSPS) is 17.7. The highest BCUT2D eigenvalue weighted by Gasteiger charge is 2.42. The van der Waals surface area contributed by atoms with Crippen molar-refractivity contribution in [1.29, 1.82) is 5.26 Å². The number of rotatable bonds is 7. The van der Waals surface area contributed by atoms with Gasteiger partial charge in [-0.1, -0.05) is 26.7 Å². The van der Waals surface area contributed by atoms with Gasteiger partial charge in [0, 0.05) is 26.3 Å². The monoisotopic (exact) mass is 266 g/mol. The Balaban J connectivity index is 2.74. The zero-order valence-corrected chi connectivity index (χ0v) is 12.3. The first kappa shape index (κ1) is 16.0. The van der Waals surface area contributed by atoms with Gasteiger partial charge in [0.2, 0.25) is 5.91 Å². The van der Waals surface area contributed by atoms with Crippen LogP contribution in [0.4, 0.5) is 0 Å². The van der Waals surface area contributed by atoms with E-state index in [1.165, 1.54) is 0 Å². The largest absolute Gasteiger partial charge is 0.381 e. The molecule has 0 spiro atoms. The molecular formula is C15H26N2O2. The maximum absolute atomic E-state index is 12.7. The van der Waals surface area contributed by atoms with E-state index in [0.717, 1.165) is 38.8 Å². The van der Waals surface area contributed by atoms with Gasteiger partial charge in [0.05, 0.1) is 6.07 Å². The minimum atomic E-state index is -0.834. The standard InChI is InChI=1S/C15H26N2O2/c1-3-5-9-17(10-6-4-2)14(18)15(13-16)7-11-19-12-8-15/h3-12H2,1-2H3. The minimum Gasteiger partial charge on any atom is -0.381 e. The van der Waals surface area contributed by atoms with Gasteiger partial charge in [-0.15, -0.1) is 0 Å². The van der Waals surface area contributed by atoms with Crippen LogP contribution in [0.1, 0.15) is 52.4 Å². The molecule has 108 valence electrons. The maximum Gasteiger partial charge on any atom is 0.243 e. The number of carbonyl (C=O) groups is 1. The minimum absolute atomic E-state index is 0.0280. The van der Waals surface area contributed by atoms with Crippen molar-refractivity contribution in [3.05, 3.63) is 0 Å². The summed E-state index contributed by atoms with van der Waals surface area (Å²) >= 11 is 0. The summed E-state index contributed by atoms with van der Waals surface area (Å²) in [7, 11) is 0. The Bertz CT molecular complexity index is 309. The lowest BCUT2D eigenvalue weighted by atomic mass is 9.80. The smallest absolute Gasteiger partial charge is 0.243 e. The second-order valence-corrected chi connectivity index (χ2v) is 5.31. The maximum atomic E-state index is 12.7. The number of hydrogen-bond acceptors (Lipinski definition) is 3. The molecule has 1 fully saturated rings. The molecule has 4 nitrogen and oxygen atoms in total. The third-order valence-corrected chi connectivity index (χ3v) is 3.82. The fourth-order valence-electron chi connectivity index (χ4n) is 2.41. The molecule has 0 bridgehead atoms. The zero-order chi connectivity index (χ0) is 14.1. The Labute approximate surface area is 116 Å². The van der Waals surface area contributed by atoms with Gasteiger partial charge in [0.15, 0.2) is 0 Å². The average molecular weight is 266 g/mol. The molecule has 0 aromatic carbocycles. The van der Waals surface area contributed by atoms with Crippen molar-refractivity contribution in [3.63, 3.8) is 0 Å². The van der Waals surface area contributed by atoms with Gasteiger partial charge in [0.1, 0.15) is 5.41 Å². The highest BCUT2D eigenvalue weighted by atomic mass is 16.5. The Hall–Kier alpha value is -1.08. The molecule has 0 N–H and O–H groups in total. The third-order valence-electron chi connectivity index (χ3n) is 3.82. The van der Waals surface area contributed by atoms with Crippen LogP contribution in [0.3, 0.4) is 0 Å². The van der Waals surface area contributed by atoms with E-state index in [1.807, 2.05) is 4.90 Å². The van der Waals surface area contributed by atoms with Gasteiger partial charge in [-0.05, 0) is 25.7 Å². The van der Waals surface area contributed by atoms with E-state index in [2.05, 4.69) is 19.9 Å². The lowest BCUT2D eigenvalue weighted by molar-refractivity contribution is -0.143. The summed E-state index contributed by atoms with van der Waals surface area (Å²) < 4.78 is 5.30. The quantitative estimate of drug-likeness (QED) is 0.712. The number of carbonyl (C=O) groups excluding carboxylic acids is 1. The molecule has 1 saturated heterocycles. The van der Waals surface area contributed by atoms with Crippen LogP contribution in [0.5, 0.6) is 0 Å². The van der Waals surface area contributed by atoms with Gasteiger partial charge in [-0.25, -0.2) is 0 Å². The summed E-state index contributed by atoms with van der Waals surface area (Å²) in [4.78, 5) is 14.6. The Morgan fingerprint density at radius 3 is 2.16 bits per heavy atom. The number of ether oxygens (including phenoxy) is 1. The van der Waals surface area contributed by atoms with Crippen molar-refractivity contribution in [2.45, 2.75) is 52.4 Å². The van der Waals surface area contributed by atoms with Crippen molar-refractivity contribution in [2.24, 2.45) is 5.41 Å². The lowest BCUT2D eigenvalue weighted by Crippen LogP contribution is -2.47. The molecule has 0 aromatic rings. The summed E-state index contributed by atoms with van der Waals surface area (Å²) in [6.45, 7) is 6.84. The molecule has 0 radical (unpaired) electrons. The third kappa shape index (κ3) is 4.21. The first-order valence-electron chi connectivity index (χ1n) is 7.48. The van der Waals surface area contributed by atoms with Crippen LogP contribution in [-0.4, -0.2) is 37.1 Å². The van der Waals surface area contributed by atoms with Crippen LogP contribution in [0.15, 0.2) is 0 Å². The number of amides is 1. The van der Waals surface area contributed by atoms with Gasteiger partial charge >= 0.3 is 0 Å². The van der Waals surface area contributed by atoms with Crippen molar-refractivity contribution in [2.75, 3.05) is 26.3 Å². The molecule has 1 amide bonds. The van der Waals surface area contributed by atoms with Crippen molar-refractivity contribution in [1.82, 2.24) is 4.90 Å². The first-order chi connectivity index (χ1) is 9.20. The number of hydrogen-bond donors (Lipinski definition) is 0. The fourth-order valence-corrected chi connectivity index (χ4v) is 2.41. The SMILES string of the molecule is CCCCN(CCCC)C(=O)C1(C#N)CCOCC1. The Morgan fingerprint density at radius 1 is 1.21 bits per heavy atom. The van der Waals surface area contributed by atoms with Gasteiger partial charge < -0.3 is 9.64 Å².